The Morgan fingerprint density at radius 1 is 0.513 bits per heavy atom. The van der Waals surface area contributed by atoms with Crippen LogP contribution in [-0.2, 0) is 25.9 Å². The molecule has 1 aromatic carbocycles. The van der Waals surface area contributed by atoms with Gasteiger partial charge in [-0.1, -0.05) is 160 Å². The van der Waals surface area contributed by atoms with Gasteiger partial charge < -0.3 is 0 Å². The van der Waals surface area contributed by atoms with E-state index in [4.69, 9.17) is 0 Å². The molecule has 1 heterocycles. The molecule has 1 aromatic heterocycles. The normalized spacial score (nSPS) is 11.4. The largest absolute Gasteiger partial charge is 0.256 e. The molecule has 2 heteroatoms. The molecule has 0 bridgehead atoms. The van der Waals surface area contributed by atoms with Crippen LogP contribution in [0.1, 0.15) is 166 Å². The molecule has 0 atom stereocenters. The first-order valence-electron chi connectivity index (χ1n) is 17.5. The number of unbranched alkanes of at least 4 members (excludes halogenated alkanes) is 19. The summed E-state index contributed by atoms with van der Waals surface area (Å²) < 4.78 is 5.14. The standard InChI is InChI=1S/C37H65N2/c1-3-5-7-9-10-11-12-13-14-15-16-17-18-19-20-21-26-32-38-34-35-39(37(38)31-25-8-6-4-2)33-27-30-36-28-23-22-24-29-36/h22-24,28-29,34-35H,3-21,25-27,30-33H2,1-2H3/q+1. The summed E-state index contributed by atoms with van der Waals surface area (Å²) in [7, 11) is 0. The zero-order valence-electron chi connectivity index (χ0n) is 26.3. The molecule has 0 fully saturated rings. The van der Waals surface area contributed by atoms with Crippen molar-refractivity contribution in [3.8, 4) is 0 Å². The van der Waals surface area contributed by atoms with E-state index in [1.807, 2.05) is 0 Å². The monoisotopic (exact) mass is 538 g/mol. The molecule has 0 unspecified atom stereocenters. The Morgan fingerprint density at radius 2 is 1.00 bits per heavy atom. The maximum absolute atomic E-state index is 2.58. The van der Waals surface area contributed by atoms with Gasteiger partial charge in [0.1, 0.15) is 12.4 Å². The van der Waals surface area contributed by atoms with Gasteiger partial charge in [-0.2, -0.15) is 0 Å². The van der Waals surface area contributed by atoms with Gasteiger partial charge in [-0.05, 0) is 37.7 Å². The van der Waals surface area contributed by atoms with Crippen LogP contribution in [0.25, 0.3) is 0 Å². The van der Waals surface area contributed by atoms with Gasteiger partial charge in [-0.15, -0.1) is 0 Å². The van der Waals surface area contributed by atoms with Crippen LogP contribution in [-0.4, -0.2) is 4.57 Å². The van der Waals surface area contributed by atoms with Gasteiger partial charge >= 0.3 is 0 Å². The van der Waals surface area contributed by atoms with E-state index in [-0.39, 0.29) is 0 Å². The van der Waals surface area contributed by atoms with Crippen LogP contribution < -0.4 is 4.57 Å². The molecule has 0 aliphatic heterocycles. The molecule has 0 N–H and O–H groups in total. The molecule has 0 aliphatic rings. The molecule has 0 spiro atoms. The van der Waals surface area contributed by atoms with Gasteiger partial charge in [-0.3, -0.25) is 0 Å². The molecule has 0 amide bonds. The van der Waals surface area contributed by atoms with Gasteiger partial charge in [0, 0.05) is 6.42 Å². The van der Waals surface area contributed by atoms with E-state index in [1.165, 1.54) is 166 Å². The number of rotatable bonds is 27. The minimum Gasteiger partial charge on any atom is -0.234 e. The maximum Gasteiger partial charge on any atom is 0.256 e. The Bertz CT molecular complexity index is 778. The van der Waals surface area contributed by atoms with Crippen molar-refractivity contribution in [3.05, 3.63) is 54.1 Å². The second kappa shape index (κ2) is 24.2. The molecular formula is C37H65N2+. The highest BCUT2D eigenvalue weighted by molar-refractivity contribution is 5.14. The number of imidazole rings is 1. The first-order chi connectivity index (χ1) is 19.3. The number of benzene rings is 1. The summed E-state index contributed by atoms with van der Waals surface area (Å²) >= 11 is 0. The molecule has 0 saturated heterocycles. The molecule has 0 saturated carbocycles. The summed E-state index contributed by atoms with van der Waals surface area (Å²) in [5.41, 5.74) is 1.46. The predicted octanol–water partition coefficient (Wildman–Crippen LogP) is 11.2. The highest BCUT2D eigenvalue weighted by atomic mass is 15.1. The topological polar surface area (TPSA) is 8.81 Å². The first kappa shape index (κ1) is 33.6. The quantitative estimate of drug-likeness (QED) is 0.0791. The van der Waals surface area contributed by atoms with Crippen LogP contribution in [0.5, 0.6) is 0 Å². The highest BCUT2D eigenvalue weighted by Gasteiger charge is 2.16. The third-order valence-electron chi connectivity index (χ3n) is 8.55. The molecule has 2 rings (SSSR count). The second-order valence-electron chi connectivity index (χ2n) is 12.2. The summed E-state index contributed by atoms with van der Waals surface area (Å²) in [5.74, 6) is 1.57. The smallest absolute Gasteiger partial charge is 0.234 e. The van der Waals surface area contributed by atoms with Crippen molar-refractivity contribution in [1.29, 1.82) is 0 Å². The van der Waals surface area contributed by atoms with Crippen LogP contribution in [0.2, 0.25) is 0 Å². The van der Waals surface area contributed by atoms with Crippen molar-refractivity contribution < 1.29 is 4.57 Å². The minimum atomic E-state index is 1.14. The Labute approximate surface area is 244 Å². The number of hydrogen-bond acceptors (Lipinski definition) is 0. The highest BCUT2D eigenvalue weighted by Crippen LogP contribution is 2.15. The summed E-state index contributed by atoms with van der Waals surface area (Å²) in [6.45, 7) is 6.96. The Balaban J connectivity index is 1.53. The van der Waals surface area contributed by atoms with Crippen molar-refractivity contribution in [2.45, 2.75) is 181 Å². The zero-order chi connectivity index (χ0) is 27.6. The van der Waals surface area contributed by atoms with E-state index in [0.29, 0.717) is 0 Å². The second-order valence-corrected chi connectivity index (χ2v) is 12.2. The van der Waals surface area contributed by atoms with E-state index in [9.17, 15) is 0 Å². The number of aromatic nitrogens is 2. The average Bonchev–Trinajstić information content (AvgIpc) is 3.34. The van der Waals surface area contributed by atoms with Gasteiger partial charge in [0.15, 0.2) is 0 Å². The summed E-state index contributed by atoms with van der Waals surface area (Å²) in [6, 6.07) is 11.0. The van der Waals surface area contributed by atoms with Crippen molar-refractivity contribution in [3.63, 3.8) is 0 Å². The lowest BCUT2D eigenvalue weighted by molar-refractivity contribution is -0.704. The minimum absolute atomic E-state index is 1.14. The van der Waals surface area contributed by atoms with Crippen molar-refractivity contribution in [1.82, 2.24) is 4.57 Å². The van der Waals surface area contributed by atoms with Crippen LogP contribution in [0, 0.1) is 0 Å². The fourth-order valence-electron chi connectivity index (χ4n) is 6.01. The summed E-state index contributed by atoms with van der Waals surface area (Å²) in [4.78, 5) is 0. The number of hydrogen-bond donors (Lipinski definition) is 0. The molecule has 0 radical (unpaired) electrons. The fraction of sp³-hybridized carbons (Fsp3) is 0.757. The third-order valence-corrected chi connectivity index (χ3v) is 8.55. The van der Waals surface area contributed by atoms with Crippen LogP contribution in [0.4, 0.5) is 0 Å². The van der Waals surface area contributed by atoms with E-state index in [2.05, 4.69) is 65.7 Å². The fourth-order valence-corrected chi connectivity index (χ4v) is 6.01. The predicted molar refractivity (Wildman–Crippen MR) is 171 cm³/mol. The molecule has 2 aromatic rings. The molecule has 39 heavy (non-hydrogen) atoms. The van der Waals surface area contributed by atoms with Gasteiger partial charge in [-0.25, -0.2) is 9.13 Å². The average molecular weight is 538 g/mol. The molecule has 2 nitrogen and oxygen atoms in total. The van der Waals surface area contributed by atoms with Gasteiger partial charge in [0.05, 0.1) is 13.1 Å². The molecule has 0 aliphatic carbocycles. The van der Waals surface area contributed by atoms with Crippen LogP contribution >= 0.6 is 0 Å². The van der Waals surface area contributed by atoms with E-state index >= 15 is 0 Å². The van der Waals surface area contributed by atoms with Crippen molar-refractivity contribution in [2.24, 2.45) is 0 Å². The van der Waals surface area contributed by atoms with Crippen LogP contribution in [0.15, 0.2) is 42.7 Å². The van der Waals surface area contributed by atoms with E-state index < -0.39 is 0 Å². The van der Waals surface area contributed by atoms with Crippen molar-refractivity contribution in [2.75, 3.05) is 0 Å². The van der Waals surface area contributed by atoms with Gasteiger partial charge in [0.25, 0.3) is 5.82 Å². The zero-order valence-corrected chi connectivity index (χ0v) is 26.3. The summed E-state index contributed by atoms with van der Waals surface area (Å²) in [6.07, 6.45) is 38.2. The molecular weight excluding hydrogens is 472 g/mol. The first-order valence-corrected chi connectivity index (χ1v) is 17.5. The third kappa shape index (κ3) is 17.0. The van der Waals surface area contributed by atoms with E-state index in [1.54, 1.807) is 5.82 Å². The van der Waals surface area contributed by atoms with Gasteiger partial charge in [0.2, 0.25) is 0 Å². The van der Waals surface area contributed by atoms with Crippen LogP contribution in [0.3, 0.4) is 0 Å². The van der Waals surface area contributed by atoms with E-state index in [0.717, 1.165) is 6.54 Å². The number of aryl methyl sites for hydroxylation is 3. The lowest BCUT2D eigenvalue weighted by Crippen LogP contribution is -2.37. The Kier molecular flexibility index (Phi) is 20.9. The summed E-state index contributed by atoms with van der Waals surface area (Å²) in [5, 5.41) is 0. The lowest BCUT2D eigenvalue weighted by atomic mass is 10.0. The SMILES string of the molecule is CCCCCCCCCCCCCCCCCCCn1cc[n+](CCCc2ccccc2)c1CCCCCC. The lowest BCUT2D eigenvalue weighted by Gasteiger charge is -2.07. The maximum atomic E-state index is 2.58. The van der Waals surface area contributed by atoms with Crippen molar-refractivity contribution >= 4 is 0 Å². The Morgan fingerprint density at radius 3 is 1.54 bits per heavy atom. The molecule has 222 valence electrons. The Hall–Kier alpha value is -1.57. The number of nitrogens with zero attached hydrogens (tertiary/aromatic N) is 2.